The third-order valence-electron chi connectivity index (χ3n) is 6.35. The van der Waals surface area contributed by atoms with Crippen LogP contribution in [0.15, 0.2) is 12.2 Å². The standard InChI is InChI=1S/C29H56O2/c1-5-7-9-11-13-15-16-17-18-19-21-23-25-28(29(30)27(3)4)31-26-24-22-20-14-12-10-8-6-2/h28H,3,5-26H2,1-2,4H3. The summed E-state index contributed by atoms with van der Waals surface area (Å²) in [7, 11) is 0. The molecule has 0 N–H and O–H groups in total. The van der Waals surface area contributed by atoms with Gasteiger partial charge in [0.25, 0.3) is 0 Å². The Morgan fingerprint density at radius 1 is 0.613 bits per heavy atom. The lowest BCUT2D eigenvalue weighted by Gasteiger charge is -2.17. The fourth-order valence-electron chi connectivity index (χ4n) is 4.20. The van der Waals surface area contributed by atoms with Gasteiger partial charge in [-0.25, -0.2) is 0 Å². The molecule has 0 fully saturated rings. The van der Waals surface area contributed by atoms with Crippen LogP contribution in [0.4, 0.5) is 0 Å². The maximum atomic E-state index is 12.4. The van der Waals surface area contributed by atoms with Crippen molar-refractivity contribution in [2.45, 2.75) is 162 Å². The molecule has 0 saturated carbocycles. The van der Waals surface area contributed by atoms with Crippen LogP contribution in [0.1, 0.15) is 156 Å². The van der Waals surface area contributed by atoms with E-state index in [9.17, 15) is 4.79 Å². The number of Topliss-reactive ketones (excluding diaryl/α,β-unsaturated/α-hetero) is 1. The fourth-order valence-corrected chi connectivity index (χ4v) is 4.20. The van der Waals surface area contributed by atoms with Gasteiger partial charge in [-0.3, -0.25) is 4.79 Å². The molecular weight excluding hydrogens is 380 g/mol. The predicted octanol–water partition coefficient (Wildman–Crippen LogP) is 9.75. The van der Waals surface area contributed by atoms with E-state index in [4.69, 9.17) is 4.74 Å². The summed E-state index contributed by atoms with van der Waals surface area (Å²) < 4.78 is 6.00. The summed E-state index contributed by atoms with van der Waals surface area (Å²) in [5.41, 5.74) is 0.639. The van der Waals surface area contributed by atoms with Crippen molar-refractivity contribution in [1.82, 2.24) is 0 Å². The average Bonchev–Trinajstić information content (AvgIpc) is 2.76. The van der Waals surface area contributed by atoms with Crippen molar-refractivity contribution in [3.05, 3.63) is 12.2 Å². The molecule has 0 aromatic carbocycles. The highest BCUT2D eigenvalue weighted by molar-refractivity contribution is 5.97. The molecule has 0 heterocycles. The van der Waals surface area contributed by atoms with Gasteiger partial charge in [0.15, 0.2) is 5.78 Å². The lowest BCUT2D eigenvalue weighted by molar-refractivity contribution is -0.127. The third kappa shape index (κ3) is 21.0. The molecule has 0 saturated heterocycles. The number of hydrogen-bond donors (Lipinski definition) is 0. The first-order valence-electron chi connectivity index (χ1n) is 13.9. The van der Waals surface area contributed by atoms with Crippen LogP contribution in [-0.4, -0.2) is 18.5 Å². The van der Waals surface area contributed by atoms with Crippen LogP contribution in [0.3, 0.4) is 0 Å². The van der Waals surface area contributed by atoms with Crippen molar-refractivity contribution >= 4 is 5.78 Å². The molecule has 0 spiro atoms. The first kappa shape index (κ1) is 30.4. The lowest BCUT2D eigenvalue weighted by Crippen LogP contribution is -2.25. The van der Waals surface area contributed by atoms with Gasteiger partial charge in [0.2, 0.25) is 0 Å². The van der Waals surface area contributed by atoms with E-state index in [1.54, 1.807) is 0 Å². The molecule has 0 aliphatic rings. The fraction of sp³-hybridized carbons (Fsp3) is 0.897. The number of carbonyl (C=O) groups is 1. The van der Waals surface area contributed by atoms with Crippen LogP contribution in [0.25, 0.3) is 0 Å². The van der Waals surface area contributed by atoms with E-state index in [0.717, 1.165) is 25.9 Å². The van der Waals surface area contributed by atoms with Gasteiger partial charge in [-0.15, -0.1) is 0 Å². The number of hydrogen-bond acceptors (Lipinski definition) is 2. The van der Waals surface area contributed by atoms with Gasteiger partial charge < -0.3 is 4.74 Å². The van der Waals surface area contributed by atoms with Crippen molar-refractivity contribution in [2.24, 2.45) is 0 Å². The van der Waals surface area contributed by atoms with E-state index >= 15 is 0 Å². The van der Waals surface area contributed by atoms with Crippen molar-refractivity contribution < 1.29 is 9.53 Å². The van der Waals surface area contributed by atoms with Gasteiger partial charge in [0.1, 0.15) is 6.10 Å². The Morgan fingerprint density at radius 2 is 0.968 bits per heavy atom. The van der Waals surface area contributed by atoms with Crippen molar-refractivity contribution in [2.75, 3.05) is 6.61 Å². The van der Waals surface area contributed by atoms with Gasteiger partial charge in [0, 0.05) is 6.61 Å². The Balaban J connectivity index is 3.72. The van der Waals surface area contributed by atoms with Crippen LogP contribution < -0.4 is 0 Å². The minimum absolute atomic E-state index is 0.114. The zero-order valence-corrected chi connectivity index (χ0v) is 21.7. The molecule has 0 rings (SSSR count). The van der Waals surface area contributed by atoms with Crippen molar-refractivity contribution in [1.29, 1.82) is 0 Å². The zero-order chi connectivity index (χ0) is 23.0. The second-order valence-electron chi connectivity index (χ2n) is 9.66. The van der Waals surface area contributed by atoms with E-state index < -0.39 is 0 Å². The Kier molecular flexibility index (Phi) is 23.5. The molecule has 0 aliphatic heterocycles. The summed E-state index contributed by atoms with van der Waals surface area (Å²) in [5.74, 6) is 0.114. The van der Waals surface area contributed by atoms with Crippen LogP contribution in [0.5, 0.6) is 0 Å². The Labute approximate surface area is 196 Å². The largest absolute Gasteiger partial charge is 0.370 e. The molecule has 184 valence electrons. The Morgan fingerprint density at radius 3 is 1.35 bits per heavy atom. The van der Waals surface area contributed by atoms with E-state index in [2.05, 4.69) is 20.4 Å². The summed E-state index contributed by atoms with van der Waals surface area (Å²) in [5, 5.41) is 0. The number of rotatable bonds is 25. The molecule has 1 unspecified atom stereocenters. The minimum Gasteiger partial charge on any atom is -0.370 e. The molecule has 2 heteroatoms. The minimum atomic E-state index is -0.259. The van der Waals surface area contributed by atoms with Gasteiger partial charge >= 0.3 is 0 Å². The molecular formula is C29H56O2. The van der Waals surface area contributed by atoms with E-state index in [0.29, 0.717) is 5.57 Å². The van der Waals surface area contributed by atoms with Crippen LogP contribution in [-0.2, 0) is 9.53 Å². The van der Waals surface area contributed by atoms with Crippen molar-refractivity contribution in [3.63, 3.8) is 0 Å². The normalized spacial score (nSPS) is 12.2. The Hall–Kier alpha value is -0.630. The topological polar surface area (TPSA) is 26.3 Å². The van der Waals surface area contributed by atoms with Crippen molar-refractivity contribution in [3.8, 4) is 0 Å². The van der Waals surface area contributed by atoms with Crippen LogP contribution in [0, 0.1) is 0 Å². The Bertz CT molecular complexity index is 402. The average molecular weight is 437 g/mol. The highest BCUT2D eigenvalue weighted by Crippen LogP contribution is 2.16. The second kappa shape index (κ2) is 24.0. The van der Waals surface area contributed by atoms with Gasteiger partial charge in [-0.1, -0.05) is 142 Å². The van der Waals surface area contributed by atoms with E-state index in [-0.39, 0.29) is 11.9 Å². The first-order chi connectivity index (χ1) is 15.1. The lowest BCUT2D eigenvalue weighted by atomic mass is 10.0. The molecule has 31 heavy (non-hydrogen) atoms. The number of unbranched alkanes of at least 4 members (excludes halogenated alkanes) is 18. The predicted molar refractivity (Wildman–Crippen MR) is 138 cm³/mol. The zero-order valence-electron chi connectivity index (χ0n) is 21.7. The monoisotopic (exact) mass is 436 g/mol. The first-order valence-corrected chi connectivity index (χ1v) is 13.9. The second-order valence-corrected chi connectivity index (χ2v) is 9.66. The number of ketones is 1. The molecule has 0 aromatic rings. The summed E-state index contributed by atoms with van der Waals surface area (Å²) in [6, 6.07) is 0. The number of carbonyl (C=O) groups excluding carboxylic acids is 1. The molecule has 0 aromatic heterocycles. The number of ether oxygens (including phenoxy) is 1. The maximum absolute atomic E-state index is 12.4. The molecule has 2 nitrogen and oxygen atoms in total. The highest BCUT2D eigenvalue weighted by Gasteiger charge is 2.18. The van der Waals surface area contributed by atoms with Gasteiger partial charge in [-0.2, -0.15) is 0 Å². The van der Waals surface area contributed by atoms with Gasteiger partial charge in [-0.05, 0) is 25.3 Å². The smallest absolute Gasteiger partial charge is 0.186 e. The summed E-state index contributed by atoms with van der Waals surface area (Å²) in [6.45, 7) is 10.9. The SMILES string of the molecule is C=C(C)C(=O)C(CCCCCCCCCCCCCC)OCCCCCCCCCC. The summed E-state index contributed by atoms with van der Waals surface area (Å²) in [4.78, 5) is 12.4. The molecule has 0 aliphatic carbocycles. The highest BCUT2D eigenvalue weighted by atomic mass is 16.5. The van der Waals surface area contributed by atoms with E-state index in [1.165, 1.54) is 116 Å². The summed E-state index contributed by atoms with van der Waals surface area (Å²) >= 11 is 0. The van der Waals surface area contributed by atoms with Crippen LogP contribution >= 0.6 is 0 Å². The third-order valence-corrected chi connectivity index (χ3v) is 6.35. The molecule has 0 amide bonds. The van der Waals surface area contributed by atoms with Gasteiger partial charge in [0.05, 0.1) is 0 Å². The van der Waals surface area contributed by atoms with E-state index in [1.807, 2.05) is 6.92 Å². The maximum Gasteiger partial charge on any atom is 0.186 e. The molecule has 0 bridgehead atoms. The quantitative estimate of drug-likeness (QED) is 0.105. The molecule has 0 radical (unpaired) electrons. The summed E-state index contributed by atoms with van der Waals surface area (Å²) in [6.07, 6.45) is 27.1. The van der Waals surface area contributed by atoms with Crippen LogP contribution in [0.2, 0.25) is 0 Å². The molecule has 1 atom stereocenters.